The van der Waals surface area contributed by atoms with Gasteiger partial charge in [0.05, 0.1) is 11.0 Å². The van der Waals surface area contributed by atoms with E-state index in [1.54, 1.807) is 0 Å². The summed E-state index contributed by atoms with van der Waals surface area (Å²) in [4.78, 5) is 3.58. The first kappa shape index (κ1) is 15.8. The van der Waals surface area contributed by atoms with Gasteiger partial charge in [-0.1, -0.05) is 66.7 Å². The third-order valence-corrected chi connectivity index (χ3v) is 6.31. The highest BCUT2D eigenvalue weighted by molar-refractivity contribution is 6.29. The Kier molecular flexibility index (Phi) is 3.03. The van der Waals surface area contributed by atoms with Crippen LogP contribution in [0, 0.1) is 0 Å². The zero-order valence-electron chi connectivity index (χ0n) is 16.3. The Balaban J connectivity index is 1.73. The van der Waals surface area contributed by atoms with Gasteiger partial charge in [-0.15, -0.1) is 0 Å². The van der Waals surface area contributed by atoms with Crippen molar-refractivity contribution >= 4 is 54.4 Å². The number of rotatable bonds is 1. The molecule has 0 amide bonds. The van der Waals surface area contributed by atoms with Crippen LogP contribution in [0.4, 0.5) is 0 Å². The molecule has 7 aromatic rings. The van der Waals surface area contributed by atoms with Crippen LogP contribution in [-0.2, 0) is 0 Å². The van der Waals surface area contributed by atoms with Crippen molar-refractivity contribution < 1.29 is 0 Å². The molecule has 0 fully saturated rings. The van der Waals surface area contributed by atoms with Crippen LogP contribution in [0.5, 0.6) is 0 Å². The number of aromatic amines is 1. The number of fused-ring (bicyclic) bond motifs is 9. The van der Waals surface area contributed by atoms with Crippen LogP contribution in [-0.4, -0.2) is 9.55 Å². The Hall–Kier alpha value is -4.04. The molecule has 140 valence electrons. The monoisotopic (exact) mass is 382 g/mol. The number of benzene rings is 5. The lowest BCUT2D eigenvalue weighted by molar-refractivity contribution is 1.18. The lowest BCUT2D eigenvalue weighted by Gasteiger charge is -2.08. The molecular weight excluding hydrogens is 364 g/mol. The first-order valence-electron chi connectivity index (χ1n) is 10.3. The predicted octanol–water partition coefficient (Wildman–Crippen LogP) is 7.57. The Morgan fingerprint density at radius 1 is 0.433 bits per heavy atom. The lowest BCUT2D eigenvalue weighted by Crippen LogP contribution is -1.92. The molecular formula is C28H18N2. The third-order valence-electron chi connectivity index (χ3n) is 6.31. The molecule has 2 aromatic heterocycles. The molecule has 0 aliphatic heterocycles. The van der Waals surface area contributed by atoms with Gasteiger partial charge < -0.3 is 9.55 Å². The largest absolute Gasteiger partial charge is 0.354 e. The molecule has 5 aromatic carbocycles. The van der Waals surface area contributed by atoms with Crippen LogP contribution >= 0.6 is 0 Å². The van der Waals surface area contributed by atoms with Gasteiger partial charge in [0.15, 0.2) is 0 Å². The van der Waals surface area contributed by atoms with Crippen LogP contribution in [0.15, 0.2) is 103 Å². The normalized spacial score (nSPS) is 12.0. The van der Waals surface area contributed by atoms with E-state index in [9.17, 15) is 0 Å². The summed E-state index contributed by atoms with van der Waals surface area (Å²) in [7, 11) is 0. The first-order valence-corrected chi connectivity index (χ1v) is 10.3. The summed E-state index contributed by atoms with van der Waals surface area (Å²) >= 11 is 0. The van der Waals surface area contributed by atoms with E-state index in [0.717, 1.165) is 0 Å². The lowest BCUT2D eigenvalue weighted by atomic mass is 9.99. The van der Waals surface area contributed by atoms with E-state index in [1.807, 2.05) is 0 Å². The highest BCUT2D eigenvalue weighted by Gasteiger charge is 2.16. The molecule has 2 heterocycles. The van der Waals surface area contributed by atoms with Crippen molar-refractivity contribution in [2.75, 3.05) is 0 Å². The van der Waals surface area contributed by atoms with Crippen LogP contribution in [0.3, 0.4) is 0 Å². The van der Waals surface area contributed by atoms with Crippen molar-refractivity contribution in [1.29, 1.82) is 0 Å². The van der Waals surface area contributed by atoms with E-state index in [1.165, 1.54) is 60.1 Å². The molecule has 0 saturated carbocycles. The quantitative estimate of drug-likeness (QED) is 0.302. The fourth-order valence-corrected chi connectivity index (χ4v) is 5.08. The van der Waals surface area contributed by atoms with E-state index in [-0.39, 0.29) is 0 Å². The molecule has 0 spiro atoms. The molecule has 30 heavy (non-hydrogen) atoms. The molecule has 1 N–H and O–H groups in total. The number of nitrogens with one attached hydrogen (secondary N) is 1. The number of hydrogen-bond donors (Lipinski definition) is 1. The fourth-order valence-electron chi connectivity index (χ4n) is 5.08. The van der Waals surface area contributed by atoms with E-state index in [4.69, 9.17) is 0 Å². The summed E-state index contributed by atoms with van der Waals surface area (Å²) in [5.74, 6) is 0. The second kappa shape index (κ2) is 5.74. The van der Waals surface area contributed by atoms with Gasteiger partial charge in [0.25, 0.3) is 0 Å². The van der Waals surface area contributed by atoms with Gasteiger partial charge in [-0.3, -0.25) is 0 Å². The van der Waals surface area contributed by atoms with Gasteiger partial charge in [0.1, 0.15) is 0 Å². The van der Waals surface area contributed by atoms with Crippen molar-refractivity contribution in [2.24, 2.45) is 0 Å². The van der Waals surface area contributed by atoms with Crippen molar-refractivity contribution in [3.05, 3.63) is 103 Å². The molecule has 0 aliphatic rings. The van der Waals surface area contributed by atoms with E-state index < -0.39 is 0 Å². The minimum Gasteiger partial charge on any atom is -0.354 e. The molecule has 0 atom stereocenters. The van der Waals surface area contributed by atoms with Crippen molar-refractivity contribution in [3.8, 4) is 5.69 Å². The number of para-hydroxylation sites is 3. The van der Waals surface area contributed by atoms with Gasteiger partial charge in [0, 0.05) is 38.3 Å². The second-order valence-corrected chi connectivity index (χ2v) is 7.90. The molecule has 2 heteroatoms. The Bertz CT molecular complexity index is 1730. The van der Waals surface area contributed by atoms with Gasteiger partial charge in [-0.2, -0.15) is 0 Å². The van der Waals surface area contributed by atoms with Gasteiger partial charge in [-0.05, 0) is 47.2 Å². The smallest absolute Gasteiger partial charge is 0.0547 e. The van der Waals surface area contributed by atoms with Crippen molar-refractivity contribution in [1.82, 2.24) is 9.55 Å². The maximum absolute atomic E-state index is 3.58. The minimum atomic E-state index is 1.19. The van der Waals surface area contributed by atoms with E-state index >= 15 is 0 Å². The zero-order chi connectivity index (χ0) is 19.7. The summed E-state index contributed by atoms with van der Waals surface area (Å²) in [5, 5.41) is 7.80. The maximum atomic E-state index is 3.58. The highest BCUT2D eigenvalue weighted by Crippen LogP contribution is 2.40. The molecule has 0 unspecified atom stereocenters. The van der Waals surface area contributed by atoms with Crippen LogP contribution in [0.1, 0.15) is 0 Å². The zero-order valence-corrected chi connectivity index (χ0v) is 16.3. The molecule has 7 rings (SSSR count). The van der Waals surface area contributed by atoms with E-state index in [0.29, 0.717) is 0 Å². The average molecular weight is 382 g/mol. The SMILES string of the molecule is c1ccc(-n2c3ccccc3c3c4ccc5[nH]c6ccccc6c5c4ccc32)cc1. The summed E-state index contributed by atoms with van der Waals surface area (Å²) < 4.78 is 2.38. The highest BCUT2D eigenvalue weighted by atomic mass is 15.0. The maximum Gasteiger partial charge on any atom is 0.0547 e. The third kappa shape index (κ3) is 1.98. The second-order valence-electron chi connectivity index (χ2n) is 7.90. The predicted molar refractivity (Wildman–Crippen MR) is 128 cm³/mol. The van der Waals surface area contributed by atoms with Crippen molar-refractivity contribution in [3.63, 3.8) is 0 Å². The van der Waals surface area contributed by atoms with Gasteiger partial charge in [0.2, 0.25) is 0 Å². The molecule has 0 saturated heterocycles. The van der Waals surface area contributed by atoms with E-state index in [2.05, 4.69) is 113 Å². The first-order chi connectivity index (χ1) is 14.9. The number of nitrogens with zero attached hydrogens (tertiary/aromatic N) is 1. The van der Waals surface area contributed by atoms with Crippen LogP contribution in [0.25, 0.3) is 60.1 Å². The fraction of sp³-hybridized carbons (Fsp3) is 0. The summed E-state index contributed by atoms with van der Waals surface area (Å²) in [6, 6.07) is 37.0. The summed E-state index contributed by atoms with van der Waals surface area (Å²) in [6.07, 6.45) is 0. The standard InChI is InChI=1S/C28H18N2/c1-2-8-18(9-3-1)30-25-13-7-5-11-22(25)28-20-14-16-24-27(19(20)15-17-26(28)30)21-10-4-6-12-23(21)29-24/h1-17,29H. The van der Waals surface area contributed by atoms with Crippen molar-refractivity contribution in [2.45, 2.75) is 0 Å². The summed E-state index contributed by atoms with van der Waals surface area (Å²) in [5.41, 5.74) is 6.05. The topological polar surface area (TPSA) is 20.7 Å². The van der Waals surface area contributed by atoms with Gasteiger partial charge in [-0.25, -0.2) is 0 Å². The number of hydrogen-bond acceptors (Lipinski definition) is 0. The Morgan fingerprint density at radius 3 is 2.03 bits per heavy atom. The van der Waals surface area contributed by atoms with Crippen LogP contribution in [0.2, 0.25) is 0 Å². The van der Waals surface area contributed by atoms with Gasteiger partial charge >= 0.3 is 0 Å². The minimum absolute atomic E-state index is 1.19. The molecule has 0 aliphatic carbocycles. The van der Waals surface area contributed by atoms with Crippen LogP contribution < -0.4 is 0 Å². The number of aromatic nitrogens is 2. The average Bonchev–Trinajstić information content (AvgIpc) is 3.35. The number of H-pyrrole nitrogens is 1. The molecule has 2 nitrogen and oxygen atoms in total. The Morgan fingerprint density at radius 2 is 1.13 bits per heavy atom. The summed E-state index contributed by atoms with van der Waals surface area (Å²) in [6.45, 7) is 0. The molecule has 0 radical (unpaired) electrons. The Labute approximate surface area is 173 Å². The molecule has 0 bridgehead atoms.